The Hall–Kier alpha value is -2.41. The second-order valence-electron chi connectivity index (χ2n) is 7.25. The van der Waals surface area contributed by atoms with E-state index in [9.17, 15) is 14.4 Å². The van der Waals surface area contributed by atoms with Gasteiger partial charge in [-0.25, -0.2) is 9.59 Å². The van der Waals surface area contributed by atoms with E-state index in [1.807, 2.05) is 6.08 Å². The molecule has 0 spiro atoms. The summed E-state index contributed by atoms with van der Waals surface area (Å²) in [5, 5.41) is 0. The summed E-state index contributed by atoms with van der Waals surface area (Å²) in [7, 11) is 0. The summed E-state index contributed by atoms with van der Waals surface area (Å²) in [4.78, 5) is 39.3. The Bertz CT molecular complexity index is 752. The second-order valence-corrected chi connectivity index (χ2v) is 7.25. The quantitative estimate of drug-likeness (QED) is 0.298. The van der Waals surface area contributed by atoms with Crippen LogP contribution in [0.2, 0.25) is 0 Å². The summed E-state index contributed by atoms with van der Waals surface area (Å²) >= 11 is 0. The van der Waals surface area contributed by atoms with Gasteiger partial charge < -0.3 is 14.2 Å². The highest BCUT2D eigenvalue weighted by molar-refractivity contribution is 5.91. The number of carbonyl (C=O) groups is 3. The van der Waals surface area contributed by atoms with Gasteiger partial charge in [0.25, 0.3) is 0 Å². The van der Waals surface area contributed by atoms with Gasteiger partial charge in [-0.2, -0.15) is 0 Å². The molecule has 3 heterocycles. The van der Waals surface area contributed by atoms with Gasteiger partial charge in [-0.05, 0) is 31.4 Å². The largest absolute Gasteiger partial charge is 0.458 e. The zero-order valence-electron chi connectivity index (χ0n) is 15.9. The molecule has 0 bridgehead atoms. The SMILES string of the molecule is C=C1CC(=CC)C(=O)O[C@@H]2CCN3CC=C(COC(=O)[C@]1(C)OC(C)=O)[C@H]23. The molecule has 146 valence electrons. The first-order chi connectivity index (χ1) is 12.8. The van der Waals surface area contributed by atoms with Crippen molar-refractivity contribution >= 4 is 17.9 Å². The van der Waals surface area contributed by atoms with Crippen LogP contribution in [-0.4, -0.2) is 60.3 Å². The van der Waals surface area contributed by atoms with Crippen LogP contribution in [0, 0.1) is 0 Å². The molecule has 2 fully saturated rings. The second kappa shape index (κ2) is 7.31. The first kappa shape index (κ1) is 19.4. The summed E-state index contributed by atoms with van der Waals surface area (Å²) < 4.78 is 16.6. The normalized spacial score (nSPS) is 33.5. The van der Waals surface area contributed by atoms with Gasteiger partial charge >= 0.3 is 17.9 Å². The van der Waals surface area contributed by atoms with E-state index in [4.69, 9.17) is 14.2 Å². The highest BCUT2D eigenvalue weighted by atomic mass is 16.6. The number of ether oxygens (including phenoxy) is 3. The van der Waals surface area contributed by atoms with E-state index in [2.05, 4.69) is 11.5 Å². The molecule has 7 nitrogen and oxygen atoms in total. The van der Waals surface area contributed by atoms with Crippen LogP contribution in [0.25, 0.3) is 0 Å². The van der Waals surface area contributed by atoms with E-state index in [-0.39, 0.29) is 30.7 Å². The third kappa shape index (κ3) is 3.56. The minimum atomic E-state index is -1.67. The molecule has 3 atom stereocenters. The summed E-state index contributed by atoms with van der Waals surface area (Å²) in [5.41, 5.74) is -0.142. The number of hydrogen-bond donors (Lipinski definition) is 0. The van der Waals surface area contributed by atoms with Crippen molar-refractivity contribution in [3.63, 3.8) is 0 Å². The van der Waals surface area contributed by atoms with Crippen LogP contribution in [0.15, 0.2) is 35.5 Å². The molecule has 0 unspecified atom stereocenters. The third-order valence-corrected chi connectivity index (χ3v) is 5.47. The topological polar surface area (TPSA) is 82.1 Å². The zero-order chi connectivity index (χ0) is 19.8. The van der Waals surface area contributed by atoms with Crippen LogP contribution in [0.3, 0.4) is 0 Å². The Morgan fingerprint density at radius 3 is 2.85 bits per heavy atom. The van der Waals surface area contributed by atoms with E-state index in [1.54, 1.807) is 13.0 Å². The van der Waals surface area contributed by atoms with Crippen LogP contribution < -0.4 is 0 Å². The standard InChI is InChI=1S/C20H25NO6/c1-5-14-10-12(2)20(4,27-13(3)22)19(24)25-11-15-6-8-21-9-7-16(17(15)21)26-18(14)23/h5-6,16-17H,2,7-11H2,1,3-4H3/t16-,17-,20-/m1/s1. The Morgan fingerprint density at radius 1 is 1.44 bits per heavy atom. The van der Waals surface area contributed by atoms with Gasteiger partial charge in [-0.1, -0.05) is 18.7 Å². The molecule has 0 aliphatic carbocycles. The number of nitrogens with zero attached hydrogens (tertiary/aromatic N) is 1. The van der Waals surface area contributed by atoms with Crippen LogP contribution in [0.4, 0.5) is 0 Å². The van der Waals surface area contributed by atoms with Crippen LogP contribution in [0.1, 0.15) is 33.6 Å². The van der Waals surface area contributed by atoms with Crippen molar-refractivity contribution in [3.05, 3.63) is 35.5 Å². The smallest absolute Gasteiger partial charge is 0.355 e. The lowest BCUT2D eigenvalue weighted by molar-refractivity contribution is -0.174. The molecular weight excluding hydrogens is 350 g/mol. The predicted octanol–water partition coefficient (Wildman–Crippen LogP) is 1.68. The van der Waals surface area contributed by atoms with Crippen LogP contribution in [0.5, 0.6) is 0 Å². The fraction of sp³-hybridized carbons (Fsp3) is 0.550. The van der Waals surface area contributed by atoms with Crippen molar-refractivity contribution in [2.24, 2.45) is 0 Å². The van der Waals surface area contributed by atoms with Crippen molar-refractivity contribution in [1.82, 2.24) is 4.90 Å². The first-order valence-corrected chi connectivity index (χ1v) is 9.10. The number of hydrogen-bond acceptors (Lipinski definition) is 7. The van der Waals surface area contributed by atoms with Crippen molar-refractivity contribution in [1.29, 1.82) is 0 Å². The van der Waals surface area contributed by atoms with E-state index in [0.717, 1.165) is 25.1 Å². The van der Waals surface area contributed by atoms with Gasteiger partial charge in [0.1, 0.15) is 12.7 Å². The molecule has 0 aromatic heterocycles. The van der Waals surface area contributed by atoms with Gasteiger partial charge in [0.2, 0.25) is 5.60 Å². The van der Waals surface area contributed by atoms with Crippen molar-refractivity contribution < 1.29 is 28.6 Å². The molecular formula is C20H25NO6. The maximum absolute atomic E-state index is 12.8. The summed E-state index contributed by atoms with van der Waals surface area (Å²) in [5.74, 6) is -1.76. The van der Waals surface area contributed by atoms with Crippen molar-refractivity contribution in [3.8, 4) is 0 Å². The molecule has 3 rings (SSSR count). The Morgan fingerprint density at radius 2 is 2.19 bits per heavy atom. The lowest BCUT2D eigenvalue weighted by atomic mass is 9.90. The average molecular weight is 375 g/mol. The van der Waals surface area contributed by atoms with Crippen LogP contribution in [-0.2, 0) is 28.6 Å². The number of cyclic esters (lactones) is 1. The van der Waals surface area contributed by atoms with E-state index in [1.165, 1.54) is 13.8 Å². The minimum absolute atomic E-state index is 0.0536. The van der Waals surface area contributed by atoms with Gasteiger partial charge in [0, 0.05) is 32.0 Å². The Kier molecular flexibility index (Phi) is 5.24. The predicted molar refractivity (Wildman–Crippen MR) is 96.6 cm³/mol. The number of carbonyl (C=O) groups excluding carboxylic acids is 3. The monoisotopic (exact) mass is 375 g/mol. The molecule has 3 aliphatic rings. The van der Waals surface area contributed by atoms with E-state index >= 15 is 0 Å². The maximum Gasteiger partial charge on any atom is 0.355 e. The van der Waals surface area contributed by atoms with Gasteiger partial charge in [-0.15, -0.1) is 0 Å². The molecule has 27 heavy (non-hydrogen) atoms. The fourth-order valence-electron chi connectivity index (χ4n) is 3.86. The maximum atomic E-state index is 12.8. The molecule has 2 saturated heterocycles. The van der Waals surface area contributed by atoms with Gasteiger partial charge in [-0.3, -0.25) is 9.69 Å². The molecule has 0 N–H and O–H groups in total. The molecule has 0 aromatic carbocycles. The third-order valence-electron chi connectivity index (χ3n) is 5.47. The number of esters is 3. The summed E-state index contributed by atoms with van der Waals surface area (Å²) in [6.07, 6.45) is 4.16. The molecule has 0 amide bonds. The van der Waals surface area contributed by atoms with E-state index < -0.39 is 23.5 Å². The number of rotatable bonds is 1. The molecule has 0 radical (unpaired) electrons. The summed E-state index contributed by atoms with van der Waals surface area (Å²) in [6.45, 7) is 9.89. The van der Waals surface area contributed by atoms with Gasteiger partial charge in [0.15, 0.2) is 0 Å². The molecule has 0 saturated carbocycles. The fourth-order valence-corrected chi connectivity index (χ4v) is 3.86. The number of allylic oxidation sites excluding steroid dienone is 1. The lowest BCUT2D eigenvalue weighted by Crippen LogP contribution is -2.45. The van der Waals surface area contributed by atoms with Crippen LogP contribution >= 0.6 is 0 Å². The van der Waals surface area contributed by atoms with E-state index in [0.29, 0.717) is 5.57 Å². The van der Waals surface area contributed by atoms with Gasteiger partial charge in [0.05, 0.1) is 6.04 Å². The Balaban J connectivity index is 1.95. The average Bonchev–Trinajstić information content (AvgIpc) is 3.18. The zero-order valence-corrected chi connectivity index (χ0v) is 15.9. The highest BCUT2D eigenvalue weighted by Gasteiger charge is 2.46. The van der Waals surface area contributed by atoms with Crippen molar-refractivity contribution in [2.75, 3.05) is 19.7 Å². The Labute approximate surface area is 158 Å². The first-order valence-electron chi connectivity index (χ1n) is 9.10. The lowest BCUT2D eigenvalue weighted by Gasteiger charge is -2.31. The highest BCUT2D eigenvalue weighted by Crippen LogP contribution is 2.34. The summed E-state index contributed by atoms with van der Waals surface area (Å²) in [6, 6.07) is -0.0811. The molecule has 0 aromatic rings. The molecule has 3 aliphatic heterocycles. The molecule has 7 heteroatoms. The van der Waals surface area contributed by atoms with Crippen molar-refractivity contribution in [2.45, 2.75) is 51.4 Å². The minimum Gasteiger partial charge on any atom is -0.458 e.